The van der Waals surface area contributed by atoms with E-state index >= 15 is 0 Å². The summed E-state index contributed by atoms with van der Waals surface area (Å²) in [6.45, 7) is 2.20. The monoisotopic (exact) mass is 202 g/mol. The van der Waals surface area contributed by atoms with Gasteiger partial charge in [-0.25, -0.2) is 0 Å². The van der Waals surface area contributed by atoms with Crippen LogP contribution in [0, 0.1) is 0 Å². The number of methoxy groups -OCH3 is 1. The van der Waals surface area contributed by atoms with Gasteiger partial charge < -0.3 is 4.74 Å². The quantitative estimate of drug-likeness (QED) is 0.724. The zero-order valence-electron chi connectivity index (χ0n) is 9.44. The molecule has 0 saturated heterocycles. The van der Waals surface area contributed by atoms with Crippen LogP contribution in [0.25, 0.3) is 6.08 Å². The van der Waals surface area contributed by atoms with E-state index in [9.17, 15) is 0 Å². The molecule has 0 radical (unpaired) electrons. The Bertz CT molecular complexity index is 354. The lowest BCUT2D eigenvalue weighted by atomic mass is 9.93. The van der Waals surface area contributed by atoms with Crippen LogP contribution < -0.4 is 0 Å². The first-order valence-corrected chi connectivity index (χ1v) is 5.66. The first kappa shape index (κ1) is 10.4. The van der Waals surface area contributed by atoms with Crippen molar-refractivity contribution in [2.75, 3.05) is 7.11 Å². The van der Waals surface area contributed by atoms with E-state index in [-0.39, 0.29) is 0 Å². The summed E-state index contributed by atoms with van der Waals surface area (Å²) in [5.41, 5.74) is 2.76. The number of ether oxygens (including phenoxy) is 1. The average Bonchev–Trinajstić information content (AvgIpc) is 2.70. The minimum absolute atomic E-state index is 0.329. The van der Waals surface area contributed by atoms with E-state index < -0.39 is 0 Å². The minimum Gasteiger partial charge on any atom is -0.380 e. The van der Waals surface area contributed by atoms with E-state index in [1.807, 2.05) is 7.11 Å². The second-order valence-corrected chi connectivity index (χ2v) is 4.08. The Kier molecular flexibility index (Phi) is 3.22. The van der Waals surface area contributed by atoms with Crippen molar-refractivity contribution in [3.05, 3.63) is 41.5 Å². The first-order valence-electron chi connectivity index (χ1n) is 5.66. The Morgan fingerprint density at radius 3 is 2.87 bits per heavy atom. The first-order chi connectivity index (χ1) is 7.36. The Morgan fingerprint density at radius 2 is 2.13 bits per heavy atom. The molecule has 0 amide bonds. The van der Waals surface area contributed by atoms with E-state index in [4.69, 9.17) is 4.74 Å². The van der Waals surface area contributed by atoms with Gasteiger partial charge in [0.1, 0.15) is 0 Å². The maximum Gasteiger partial charge on any atom is 0.0674 e. The van der Waals surface area contributed by atoms with E-state index in [0.29, 0.717) is 12.0 Å². The summed E-state index contributed by atoms with van der Waals surface area (Å²) in [5, 5.41) is 0. The standard InChI is InChI=1S/C14H18O/c1-3-6-14(15-2)13-10-9-11-7-4-5-8-12(11)13/h4-5,7-10,13-14H,3,6H2,1-2H3. The van der Waals surface area contributed by atoms with Gasteiger partial charge in [0.15, 0.2) is 0 Å². The van der Waals surface area contributed by atoms with Gasteiger partial charge in [-0.3, -0.25) is 0 Å². The number of hydrogen-bond acceptors (Lipinski definition) is 1. The number of fused-ring (bicyclic) bond motifs is 1. The van der Waals surface area contributed by atoms with Crippen molar-refractivity contribution in [3.63, 3.8) is 0 Å². The lowest BCUT2D eigenvalue weighted by Crippen LogP contribution is -2.18. The van der Waals surface area contributed by atoms with Crippen molar-refractivity contribution >= 4 is 6.08 Å². The van der Waals surface area contributed by atoms with Gasteiger partial charge in [-0.1, -0.05) is 49.8 Å². The number of hydrogen-bond donors (Lipinski definition) is 0. The van der Waals surface area contributed by atoms with Gasteiger partial charge in [0.2, 0.25) is 0 Å². The highest BCUT2D eigenvalue weighted by Gasteiger charge is 2.24. The van der Waals surface area contributed by atoms with Crippen LogP contribution in [0.2, 0.25) is 0 Å². The fourth-order valence-corrected chi connectivity index (χ4v) is 2.33. The third-order valence-electron chi connectivity index (χ3n) is 3.11. The number of benzene rings is 1. The van der Waals surface area contributed by atoms with Crippen molar-refractivity contribution in [3.8, 4) is 0 Å². The van der Waals surface area contributed by atoms with Gasteiger partial charge in [-0.05, 0) is 17.5 Å². The van der Waals surface area contributed by atoms with Crippen LogP contribution >= 0.6 is 0 Å². The molecule has 0 spiro atoms. The molecule has 0 N–H and O–H groups in total. The highest BCUT2D eigenvalue weighted by atomic mass is 16.5. The SMILES string of the molecule is CCCC(OC)C1C=Cc2ccccc21. The van der Waals surface area contributed by atoms with E-state index in [0.717, 1.165) is 6.42 Å². The van der Waals surface area contributed by atoms with Gasteiger partial charge in [0.05, 0.1) is 6.10 Å². The third-order valence-corrected chi connectivity index (χ3v) is 3.11. The lowest BCUT2D eigenvalue weighted by Gasteiger charge is -2.21. The van der Waals surface area contributed by atoms with Crippen LogP contribution in [-0.2, 0) is 4.74 Å². The maximum atomic E-state index is 5.58. The largest absolute Gasteiger partial charge is 0.380 e. The van der Waals surface area contributed by atoms with Crippen LogP contribution in [0.4, 0.5) is 0 Å². The third kappa shape index (κ3) is 1.98. The predicted octanol–water partition coefficient (Wildman–Crippen LogP) is 3.61. The van der Waals surface area contributed by atoms with Gasteiger partial charge in [0.25, 0.3) is 0 Å². The van der Waals surface area contributed by atoms with Gasteiger partial charge >= 0.3 is 0 Å². The minimum atomic E-state index is 0.329. The van der Waals surface area contributed by atoms with Gasteiger partial charge in [0, 0.05) is 13.0 Å². The summed E-state index contributed by atoms with van der Waals surface area (Å²) in [5.74, 6) is 0.450. The zero-order chi connectivity index (χ0) is 10.7. The second kappa shape index (κ2) is 4.63. The molecule has 1 nitrogen and oxygen atoms in total. The van der Waals surface area contributed by atoms with E-state index in [1.54, 1.807) is 0 Å². The molecule has 1 aliphatic carbocycles. The summed E-state index contributed by atoms with van der Waals surface area (Å²) in [6, 6.07) is 8.58. The fraction of sp³-hybridized carbons (Fsp3) is 0.429. The normalized spacial score (nSPS) is 20.3. The Morgan fingerprint density at radius 1 is 1.33 bits per heavy atom. The topological polar surface area (TPSA) is 9.23 Å². The zero-order valence-corrected chi connectivity index (χ0v) is 9.44. The Balaban J connectivity index is 2.22. The molecular formula is C14H18O. The molecule has 80 valence electrons. The van der Waals surface area contributed by atoms with Gasteiger partial charge in [-0.2, -0.15) is 0 Å². The molecule has 2 atom stereocenters. The molecule has 2 unspecified atom stereocenters. The van der Waals surface area contributed by atoms with Crippen molar-refractivity contribution < 1.29 is 4.74 Å². The summed E-state index contributed by atoms with van der Waals surface area (Å²) in [7, 11) is 1.81. The van der Waals surface area contributed by atoms with E-state index in [1.165, 1.54) is 17.5 Å². The fourth-order valence-electron chi connectivity index (χ4n) is 2.33. The van der Waals surface area contributed by atoms with Crippen LogP contribution in [0.5, 0.6) is 0 Å². The molecular weight excluding hydrogens is 184 g/mol. The lowest BCUT2D eigenvalue weighted by molar-refractivity contribution is 0.0836. The Labute approximate surface area is 91.8 Å². The van der Waals surface area contributed by atoms with Crippen molar-refractivity contribution in [2.45, 2.75) is 31.8 Å². The smallest absolute Gasteiger partial charge is 0.0674 e. The molecule has 2 rings (SSSR count). The van der Waals surface area contributed by atoms with Crippen molar-refractivity contribution in [1.29, 1.82) is 0 Å². The highest BCUT2D eigenvalue weighted by molar-refractivity contribution is 5.62. The molecule has 0 heterocycles. The summed E-state index contributed by atoms with van der Waals surface area (Å²) in [6.07, 6.45) is 7.11. The summed E-state index contributed by atoms with van der Waals surface area (Å²) >= 11 is 0. The van der Waals surface area contributed by atoms with Crippen molar-refractivity contribution in [1.82, 2.24) is 0 Å². The average molecular weight is 202 g/mol. The second-order valence-electron chi connectivity index (χ2n) is 4.08. The van der Waals surface area contributed by atoms with Crippen molar-refractivity contribution in [2.24, 2.45) is 0 Å². The Hall–Kier alpha value is -1.08. The molecule has 1 aliphatic rings. The van der Waals surface area contributed by atoms with Crippen LogP contribution in [0.15, 0.2) is 30.3 Å². The molecule has 0 saturated carbocycles. The molecule has 0 aliphatic heterocycles. The van der Waals surface area contributed by atoms with Crippen LogP contribution in [0.1, 0.15) is 36.8 Å². The molecule has 1 aromatic carbocycles. The molecule has 1 heteroatoms. The molecule has 0 aromatic heterocycles. The summed E-state index contributed by atoms with van der Waals surface area (Å²) in [4.78, 5) is 0. The highest BCUT2D eigenvalue weighted by Crippen LogP contribution is 2.34. The molecule has 15 heavy (non-hydrogen) atoms. The van der Waals surface area contributed by atoms with Crippen LogP contribution in [-0.4, -0.2) is 13.2 Å². The predicted molar refractivity (Wildman–Crippen MR) is 63.9 cm³/mol. The van der Waals surface area contributed by atoms with E-state index in [2.05, 4.69) is 43.3 Å². The molecule has 0 bridgehead atoms. The summed E-state index contributed by atoms with van der Waals surface area (Å²) < 4.78 is 5.58. The van der Waals surface area contributed by atoms with Crippen LogP contribution in [0.3, 0.4) is 0 Å². The van der Waals surface area contributed by atoms with Gasteiger partial charge in [-0.15, -0.1) is 0 Å². The number of rotatable bonds is 4. The molecule has 0 fully saturated rings. The molecule has 1 aromatic rings. The maximum absolute atomic E-state index is 5.58.